The highest BCUT2D eigenvalue weighted by Crippen LogP contribution is 2.81. The number of rotatable bonds is 2. The molecule has 27 heavy (non-hydrogen) atoms. The highest BCUT2D eigenvalue weighted by Gasteiger charge is 2.74. The van der Waals surface area contributed by atoms with Crippen LogP contribution in [-0.2, 0) is 14.3 Å². The quantitative estimate of drug-likeness (QED) is 0.639. The number of carbonyl (C=O) groups excluding carboxylic acids is 1. The van der Waals surface area contributed by atoms with E-state index in [4.69, 9.17) is 9.47 Å². The first-order valence-corrected chi connectivity index (χ1v) is 11.6. The molecule has 0 aromatic rings. The molecule has 6 aliphatic rings. The lowest BCUT2D eigenvalue weighted by molar-refractivity contribution is -0.199. The number of allylic oxidation sites excluding steroid dienone is 2. The second kappa shape index (κ2) is 5.69. The Labute approximate surface area is 163 Å². The van der Waals surface area contributed by atoms with Crippen LogP contribution in [0.1, 0.15) is 77.6 Å². The largest absolute Gasteiger partial charge is 0.353 e. The molecule has 0 bridgehead atoms. The fraction of sp³-hybridized carbons (Fsp3) is 0.875. The van der Waals surface area contributed by atoms with Crippen molar-refractivity contribution in [3.63, 3.8) is 0 Å². The summed E-state index contributed by atoms with van der Waals surface area (Å²) in [4.78, 5) is 12.6. The summed E-state index contributed by atoms with van der Waals surface area (Å²) in [6.07, 6.45) is 18.6. The van der Waals surface area contributed by atoms with Crippen LogP contribution in [0.15, 0.2) is 12.2 Å². The monoisotopic (exact) mass is 370 g/mol. The fourth-order valence-corrected chi connectivity index (χ4v) is 8.36. The minimum atomic E-state index is -0.0182. The van der Waals surface area contributed by atoms with Crippen molar-refractivity contribution < 1.29 is 14.3 Å². The van der Waals surface area contributed by atoms with Crippen LogP contribution in [0.4, 0.5) is 0 Å². The second-order valence-corrected chi connectivity index (χ2v) is 10.9. The van der Waals surface area contributed by atoms with Crippen LogP contribution in [0.3, 0.4) is 0 Å². The van der Waals surface area contributed by atoms with Crippen LogP contribution in [0.2, 0.25) is 0 Å². The summed E-state index contributed by atoms with van der Waals surface area (Å²) in [5.74, 6) is 2.63. The molecule has 8 unspecified atom stereocenters. The van der Waals surface area contributed by atoms with Gasteiger partial charge in [-0.3, -0.25) is 4.79 Å². The number of hydrogen-bond donors (Lipinski definition) is 0. The van der Waals surface area contributed by atoms with Gasteiger partial charge in [0.15, 0.2) is 6.29 Å². The number of Topliss-reactive ketones (excluding diaryl/α,β-unsaturated/α-hetero) is 1. The Morgan fingerprint density at radius 1 is 1.11 bits per heavy atom. The van der Waals surface area contributed by atoms with Crippen LogP contribution in [0.25, 0.3) is 0 Å². The molecule has 0 spiro atoms. The topological polar surface area (TPSA) is 35.5 Å². The van der Waals surface area contributed by atoms with E-state index >= 15 is 0 Å². The summed E-state index contributed by atoms with van der Waals surface area (Å²) in [5, 5.41) is 0. The zero-order chi connectivity index (χ0) is 18.3. The molecule has 0 aromatic heterocycles. The zero-order valence-corrected chi connectivity index (χ0v) is 16.8. The molecule has 0 N–H and O–H groups in total. The van der Waals surface area contributed by atoms with Crippen LogP contribution >= 0.6 is 0 Å². The molecule has 148 valence electrons. The van der Waals surface area contributed by atoms with E-state index in [1.807, 2.05) is 0 Å². The van der Waals surface area contributed by atoms with Crippen molar-refractivity contribution in [2.45, 2.75) is 89.9 Å². The van der Waals surface area contributed by atoms with Crippen LogP contribution < -0.4 is 0 Å². The molecule has 4 saturated carbocycles. The van der Waals surface area contributed by atoms with Gasteiger partial charge < -0.3 is 9.47 Å². The lowest BCUT2D eigenvalue weighted by Gasteiger charge is -2.52. The van der Waals surface area contributed by atoms with Crippen LogP contribution in [0, 0.1) is 34.0 Å². The minimum Gasteiger partial charge on any atom is -0.353 e. The van der Waals surface area contributed by atoms with Crippen LogP contribution in [0.5, 0.6) is 0 Å². The second-order valence-electron chi connectivity index (χ2n) is 10.9. The highest BCUT2D eigenvalue weighted by molar-refractivity contribution is 5.87. The van der Waals surface area contributed by atoms with Gasteiger partial charge in [-0.05, 0) is 92.8 Å². The van der Waals surface area contributed by atoms with Gasteiger partial charge in [-0.25, -0.2) is 0 Å². The molecular formula is C24H34O3. The summed E-state index contributed by atoms with van der Waals surface area (Å²) in [6.45, 7) is 3.15. The number of ether oxygens (including phenoxy) is 2. The van der Waals surface area contributed by atoms with Crippen molar-refractivity contribution in [2.75, 3.05) is 6.61 Å². The molecule has 1 aliphatic heterocycles. The first kappa shape index (κ1) is 17.2. The Morgan fingerprint density at radius 3 is 2.89 bits per heavy atom. The summed E-state index contributed by atoms with van der Waals surface area (Å²) in [5.41, 5.74) is 0.921. The van der Waals surface area contributed by atoms with Gasteiger partial charge in [0.1, 0.15) is 5.78 Å². The Balaban J connectivity index is 1.22. The molecule has 5 fully saturated rings. The van der Waals surface area contributed by atoms with Gasteiger partial charge in [0.25, 0.3) is 0 Å². The number of carbonyl (C=O) groups is 1. The van der Waals surface area contributed by atoms with E-state index in [0.717, 1.165) is 38.2 Å². The van der Waals surface area contributed by atoms with Gasteiger partial charge in [-0.1, -0.05) is 19.1 Å². The molecule has 1 saturated heterocycles. The predicted octanol–water partition coefficient (Wildman–Crippen LogP) is 5.04. The Morgan fingerprint density at radius 2 is 2.04 bits per heavy atom. The number of ketones is 1. The van der Waals surface area contributed by atoms with Crippen molar-refractivity contribution in [1.82, 2.24) is 0 Å². The Bertz CT molecular complexity index is 679. The van der Waals surface area contributed by atoms with Crippen molar-refractivity contribution in [3.05, 3.63) is 12.2 Å². The van der Waals surface area contributed by atoms with E-state index in [1.165, 1.54) is 44.9 Å². The standard InChI is InChI=1S/C24H34O3/c1-22-10-9-19-17(18(22)5-6-20(22)25)8-11-23-14-16(7-12-24(19,23)15-23)27-21-4-2-3-13-26-21/h8,11,16-19,21H,2-7,9-10,12-15H2,1H3. The van der Waals surface area contributed by atoms with Gasteiger partial charge >= 0.3 is 0 Å². The molecule has 0 aromatic carbocycles. The lowest BCUT2D eigenvalue weighted by atomic mass is 9.52. The van der Waals surface area contributed by atoms with Gasteiger partial charge in [-0.15, -0.1) is 0 Å². The molecule has 8 atom stereocenters. The van der Waals surface area contributed by atoms with Gasteiger partial charge in [0.05, 0.1) is 6.10 Å². The maximum absolute atomic E-state index is 12.6. The van der Waals surface area contributed by atoms with E-state index in [0.29, 0.717) is 34.6 Å². The van der Waals surface area contributed by atoms with E-state index in [-0.39, 0.29) is 11.7 Å². The Hall–Kier alpha value is -0.670. The normalized spacial score (nSPS) is 56.0. The van der Waals surface area contributed by atoms with E-state index < -0.39 is 0 Å². The molecule has 3 nitrogen and oxygen atoms in total. The van der Waals surface area contributed by atoms with Gasteiger partial charge in [0, 0.05) is 18.4 Å². The molecule has 5 aliphatic carbocycles. The zero-order valence-electron chi connectivity index (χ0n) is 16.8. The smallest absolute Gasteiger partial charge is 0.157 e. The third kappa shape index (κ3) is 2.25. The molecule has 3 heteroatoms. The average Bonchev–Trinajstić information content (AvgIpc) is 3.28. The maximum atomic E-state index is 12.6. The lowest BCUT2D eigenvalue weighted by Crippen LogP contribution is -2.48. The van der Waals surface area contributed by atoms with Crippen molar-refractivity contribution in [1.29, 1.82) is 0 Å². The third-order valence-corrected chi connectivity index (χ3v) is 9.87. The molecule has 6 rings (SSSR count). The molecular weight excluding hydrogens is 336 g/mol. The fourth-order valence-electron chi connectivity index (χ4n) is 8.36. The highest BCUT2D eigenvalue weighted by atomic mass is 16.7. The van der Waals surface area contributed by atoms with Gasteiger partial charge in [0.2, 0.25) is 0 Å². The van der Waals surface area contributed by atoms with Crippen molar-refractivity contribution in [3.8, 4) is 0 Å². The first-order chi connectivity index (χ1) is 13.1. The van der Waals surface area contributed by atoms with Crippen molar-refractivity contribution in [2.24, 2.45) is 34.0 Å². The van der Waals surface area contributed by atoms with E-state index in [2.05, 4.69) is 19.1 Å². The SMILES string of the molecule is CC12CCC3C(C=CC45CC(OC6CCCCO6)CCC34C5)C1CCC2=O. The minimum absolute atomic E-state index is 0.0182. The summed E-state index contributed by atoms with van der Waals surface area (Å²) < 4.78 is 12.2. The predicted molar refractivity (Wildman–Crippen MR) is 103 cm³/mol. The molecule has 1 heterocycles. The summed E-state index contributed by atoms with van der Waals surface area (Å²) >= 11 is 0. The Kier molecular flexibility index (Phi) is 3.63. The summed E-state index contributed by atoms with van der Waals surface area (Å²) in [7, 11) is 0. The van der Waals surface area contributed by atoms with E-state index in [1.54, 1.807) is 0 Å². The number of hydrogen-bond acceptors (Lipinski definition) is 3. The average molecular weight is 371 g/mol. The molecule has 0 radical (unpaired) electrons. The third-order valence-electron chi connectivity index (χ3n) is 9.87. The summed E-state index contributed by atoms with van der Waals surface area (Å²) in [6, 6.07) is 0. The van der Waals surface area contributed by atoms with E-state index in [9.17, 15) is 4.79 Å². The van der Waals surface area contributed by atoms with Crippen molar-refractivity contribution >= 4 is 5.78 Å². The number of fused-ring (bicyclic) bond motifs is 3. The van der Waals surface area contributed by atoms with Gasteiger partial charge in [-0.2, -0.15) is 0 Å². The first-order valence-electron chi connectivity index (χ1n) is 11.6. The maximum Gasteiger partial charge on any atom is 0.157 e. The van der Waals surface area contributed by atoms with Crippen LogP contribution in [-0.4, -0.2) is 24.8 Å². The molecule has 0 amide bonds.